The van der Waals surface area contributed by atoms with Crippen molar-refractivity contribution in [1.82, 2.24) is 25.9 Å². The molecular weight excluding hydrogens is 484 g/mol. The lowest BCUT2D eigenvalue weighted by atomic mass is 9.98. The molecule has 0 saturated heterocycles. The summed E-state index contributed by atoms with van der Waals surface area (Å²) in [6.07, 6.45) is 3.79. The number of nitrogens with one attached hydrogen (secondary N) is 4. The highest BCUT2D eigenvalue weighted by atomic mass is 32.1. The van der Waals surface area contributed by atoms with Crippen molar-refractivity contribution < 1.29 is 24.3 Å². The van der Waals surface area contributed by atoms with E-state index < -0.39 is 47.9 Å². The number of H-pyrrole nitrogens is 1. The predicted octanol–water partition coefficient (Wildman–Crippen LogP) is 0.0371. The van der Waals surface area contributed by atoms with Crippen LogP contribution in [0.2, 0.25) is 0 Å². The van der Waals surface area contributed by atoms with Gasteiger partial charge >= 0.3 is 5.97 Å². The van der Waals surface area contributed by atoms with E-state index in [1.54, 1.807) is 0 Å². The number of thiol groups is 1. The highest BCUT2D eigenvalue weighted by molar-refractivity contribution is 7.80. The number of aromatic nitrogens is 2. The van der Waals surface area contributed by atoms with Gasteiger partial charge in [0, 0.05) is 30.5 Å². The largest absolute Gasteiger partial charge is 0.480 e. The number of hydrogen-bond donors (Lipinski definition) is 7. The molecule has 36 heavy (non-hydrogen) atoms. The number of aliphatic carboxylic acids is 1. The fraction of sp³-hybridized carbons (Fsp3) is 0.458. The Labute approximate surface area is 215 Å². The van der Waals surface area contributed by atoms with Crippen molar-refractivity contribution in [1.29, 1.82) is 0 Å². The maximum absolute atomic E-state index is 13.4. The summed E-state index contributed by atoms with van der Waals surface area (Å²) in [4.78, 5) is 57.3. The van der Waals surface area contributed by atoms with Gasteiger partial charge in [-0.1, -0.05) is 50.6 Å². The second kappa shape index (κ2) is 14.2. The number of carbonyl (C=O) groups is 4. The summed E-state index contributed by atoms with van der Waals surface area (Å²) >= 11 is 3.97. The number of carboxylic acid groups (broad SMARTS) is 1. The van der Waals surface area contributed by atoms with E-state index in [2.05, 4.69) is 38.5 Å². The van der Waals surface area contributed by atoms with Crippen molar-refractivity contribution in [3.63, 3.8) is 0 Å². The second-order valence-electron chi connectivity index (χ2n) is 8.59. The first kappa shape index (κ1) is 28.9. The topological polar surface area (TPSA) is 179 Å². The van der Waals surface area contributed by atoms with Gasteiger partial charge in [0.1, 0.15) is 18.1 Å². The number of aromatic amines is 1. The normalized spacial score (nSPS) is 15.1. The molecule has 0 saturated carbocycles. The Hall–Kier alpha value is -3.38. The first-order chi connectivity index (χ1) is 17.2. The van der Waals surface area contributed by atoms with Crippen molar-refractivity contribution in [2.24, 2.45) is 11.7 Å². The summed E-state index contributed by atoms with van der Waals surface area (Å²) in [5, 5.41) is 17.0. The van der Waals surface area contributed by atoms with E-state index >= 15 is 0 Å². The molecule has 0 radical (unpaired) electrons. The molecule has 5 unspecified atom stereocenters. The highest BCUT2D eigenvalue weighted by Gasteiger charge is 2.31. The van der Waals surface area contributed by atoms with Crippen LogP contribution in [-0.4, -0.2) is 68.7 Å². The number of carbonyl (C=O) groups excluding carboxylic acids is 3. The SMILES string of the molecule is CCC(C)C(N)C(=O)NC(Cc1ccccc1)C(=O)NC(Cc1cnc[nH]1)C(=O)NC(CS)C(=O)O. The monoisotopic (exact) mass is 518 g/mol. The number of rotatable bonds is 14. The molecule has 1 aromatic carbocycles. The Morgan fingerprint density at radius 2 is 1.58 bits per heavy atom. The fourth-order valence-corrected chi connectivity index (χ4v) is 3.64. The van der Waals surface area contributed by atoms with E-state index in [0.717, 1.165) is 5.56 Å². The van der Waals surface area contributed by atoms with Gasteiger partial charge in [0.05, 0.1) is 12.4 Å². The van der Waals surface area contributed by atoms with Crippen LogP contribution in [-0.2, 0) is 32.0 Å². The number of carboxylic acids is 1. The third-order valence-corrected chi connectivity index (χ3v) is 6.25. The zero-order valence-electron chi connectivity index (χ0n) is 20.3. The molecule has 196 valence electrons. The van der Waals surface area contributed by atoms with E-state index in [4.69, 9.17) is 5.73 Å². The Balaban J connectivity index is 2.26. The summed E-state index contributed by atoms with van der Waals surface area (Å²) in [7, 11) is 0. The number of nitrogens with zero attached hydrogens (tertiary/aromatic N) is 1. The van der Waals surface area contributed by atoms with Crippen molar-refractivity contribution in [3.8, 4) is 0 Å². The van der Waals surface area contributed by atoms with Gasteiger partial charge in [-0.05, 0) is 11.5 Å². The number of imidazole rings is 1. The van der Waals surface area contributed by atoms with Gasteiger partial charge in [-0.2, -0.15) is 12.6 Å². The number of hydrogen-bond acceptors (Lipinski definition) is 7. The van der Waals surface area contributed by atoms with Gasteiger partial charge < -0.3 is 31.8 Å². The minimum absolute atomic E-state index is 0.0227. The van der Waals surface area contributed by atoms with Crippen molar-refractivity contribution >= 4 is 36.3 Å². The lowest BCUT2D eigenvalue weighted by Gasteiger charge is -2.26. The van der Waals surface area contributed by atoms with E-state index in [1.165, 1.54) is 12.5 Å². The molecule has 0 aliphatic carbocycles. The van der Waals surface area contributed by atoms with Gasteiger partial charge in [0.2, 0.25) is 17.7 Å². The van der Waals surface area contributed by atoms with Gasteiger partial charge in [-0.25, -0.2) is 9.78 Å². The van der Waals surface area contributed by atoms with Crippen LogP contribution in [0.25, 0.3) is 0 Å². The third-order valence-electron chi connectivity index (χ3n) is 5.88. The van der Waals surface area contributed by atoms with Crippen molar-refractivity contribution in [2.75, 3.05) is 5.75 Å². The molecule has 12 heteroatoms. The molecule has 11 nitrogen and oxygen atoms in total. The van der Waals surface area contributed by atoms with Crippen molar-refractivity contribution in [2.45, 2.75) is 57.3 Å². The molecule has 1 heterocycles. The molecule has 5 atom stereocenters. The smallest absolute Gasteiger partial charge is 0.327 e. The van der Waals surface area contributed by atoms with Crippen LogP contribution < -0.4 is 21.7 Å². The molecule has 0 aliphatic heterocycles. The average Bonchev–Trinajstić information content (AvgIpc) is 3.38. The van der Waals surface area contributed by atoms with Gasteiger partial charge in [0.15, 0.2) is 0 Å². The molecule has 0 fully saturated rings. The minimum Gasteiger partial charge on any atom is -0.480 e. The van der Waals surface area contributed by atoms with E-state index in [-0.39, 0.29) is 24.5 Å². The van der Waals surface area contributed by atoms with Gasteiger partial charge in [-0.15, -0.1) is 0 Å². The number of nitrogens with two attached hydrogens (primary N) is 1. The molecule has 2 rings (SSSR count). The van der Waals surface area contributed by atoms with Crippen LogP contribution in [0.4, 0.5) is 0 Å². The maximum atomic E-state index is 13.4. The first-order valence-corrected chi connectivity index (χ1v) is 12.3. The zero-order chi connectivity index (χ0) is 26.7. The standard InChI is InChI=1S/C24H34N6O5S/c1-3-14(2)20(25)23(33)29-17(9-15-7-5-4-6-8-15)21(31)28-18(10-16-11-26-13-27-16)22(32)30-19(12-36)24(34)35/h4-8,11,13-14,17-20,36H,3,9-10,12,25H2,1-2H3,(H,26,27)(H,28,31)(H,29,33)(H,30,32)(H,34,35). The molecule has 0 aliphatic rings. The van der Waals surface area contributed by atoms with E-state index in [9.17, 15) is 24.3 Å². The molecule has 2 aromatic rings. The van der Waals surface area contributed by atoms with Crippen LogP contribution >= 0.6 is 12.6 Å². The summed E-state index contributed by atoms with van der Waals surface area (Å²) < 4.78 is 0. The summed E-state index contributed by atoms with van der Waals surface area (Å²) in [6, 6.07) is 4.89. The van der Waals surface area contributed by atoms with Crippen LogP contribution in [0.15, 0.2) is 42.9 Å². The zero-order valence-corrected chi connectivity index (χ0v) is 21.2. The first-order valence-electron chi connectivity index (χ1n) is 11.7. The summed E-state index contributed by atoms with van der Waals surface area (Å²) in [6.45, 7) is 3.77. The van der Waals surface area contributed by atoms with E-state index in [1.807, 2.05) is 44.2 Å². The summed E-state index contributed by atoms with van der Waals surface area (Å²) in [5.74, 6) is -3.28. The van der Waals surface area contributed by atoms with Crippen LogP contribution in [0, 0.1) is 5.92 Å². The van der Waals surface area contributed by atoms with Crippen LogP contribution in [0.3, 0.4) is 0 Å². The molecule has 0 spiro atoms. The Morgan fingerprint density at radius 3 is 2.11 bits per heavy atom. The molecule has 7 N–H and O–H groups in total. The van der Waals surface area contributed by atoms with Crippen LogP contribution in [0.1, 0.15) is 31.5 Å². The molecule has 0 bridgehead atoms. The highest BCUT2D eigenvalue weighted by Crippen LogP contribution is 2.09. The molecular formula is C24H34N6O5S. The lowest BCUT2D eigenvalue weighted by Crippen LogP contribution is -2.58. The molecule has 1 aromatic heterocycles. The maximum Gasteiger partial charge on any atom is 0.327 e. The second-order valence-corrected chi connectivity index (χ2v) is 8.95. The Kier molecular flexibility index (Phi) is 11.4. The third kappa shape index (κ3) is 8.68. The molecule has 3 amide bonds. The Bertz CT molecular complexity index is 1000. The predicted molar refractivity (Wildman–Crippen MR) is 137 cm³/mol. The number of benzene rings is 1. The number of amides is 3. The van der Waals surface area contributed by atoms with Crippen molar-refractivity contribution in [3.05, 3.63) is 54.1 Å². The van der Waals surface area contributed by atoms with Gasteiger partial charge in [0.25, 0.3) is 0 Å². The van der Waals surface area contributed by atoms with Crippen LogP contribution in [0.5, 0.6) is 0 Å². The lowest BCUT2D eigenvalue weighted by molar-refractivity contribution is -0.141. The summed E-state index contributed by atoms with van der Waals surface area (Å²) in [5.41, 5.74) is 7.42. The van der Waals surface area contributed by atoms with E-state index in [0.29, 0.717) is 12.1 Å². The average molecular weight is 519 g/mol. The fourth-order valence-electron chi connectivity index (χ4n) is 3.39. The Morgan fingerprint density at radius 1 is 1.00 bits per heavy atom. The minimum atomic E-state index is -1.25. The quantitative estimate of drug-likeness (QED) is 0.172. The van der Waals surface area contributed by atoms with Gasteiger partial charge in [-0.3, -0.25) is 14.4 Å².